The minimum atomic E-state index is 0.0678. The lowest BCUT2D eigenvalue weighted by Gasteiger charge is -2.15. The van der Waals surface area contributed by atoms with Gasteiger partial charge in [0.15, 0.2) is 0 Å². The molecule has 0 radical (unpaired) electrons. The van der Waals surface area contributed by atoms with E-state index in [4.69, 9.17) is 0 Å². The molecule has 0 aliphatic rings. The van der Waals surface area contributed by atoms with Gasteiger partial charge in [-0.25, -0.2) is 0 Å². The fourth-order valence-electron chi connectivity index (χ4n) is 1.01. The maximum absolute atomic E-state index is 11.8. The Morgan fingerprint density at radius 2 is 2.21 bits per heavy atom. The number of carbonyl (C=O) groups excluding carboxylic acids is 1. The SMILES string of the molecule is CCN(C)C(=O)c1cc(Br)ccc1I. The first-order valence-corrected chi connectivity index (χ1v) is 6.14. The van der Waals surface area contributed by atoms with Gasteiger partial charge in [0.05, 0.1) is 5.56 Å². The molecule has 0 saturated heterocycles. The van der Waals surface area contributed by atoms with Gasteiger partial charge in [-0.15, -0.1) is 0 Å². The van der Waals surface area contributed by atoms with Crippen LogP contribution in [-0.4, -0.2) is 24.4 Å². The highest BCUT2D eigenvalue weighted by molar-refractivity contribution is 14.1. The number of amides is 1. The largest absolute Gasteiger partial charge is 0.342 e. The molecule has 0 fully saturated rings. The number of halogens is 2. The van der Waals surface area contributed by atoms with E-state index in [0.29, 0.717) is 0 Å². The number of rotatable bonds is 2. The third-order valence-corrected chi connectivity index (χ3v) is 3.41. The van der Waals surface area contributed by atoms with Gasteiger partial charge in [-0.3, -0.25) is 4.79 Å². The Labute approximate surface area is 106 Å². The quantitative estimate of drug-likeness (QED) is 0.735. The average Bonchev–Trinajstić information content (AvgIpc) is 2.19. The van der Waals surface area contributed by atoms with E-state index in [-0.39, 0.29) is 5.91 Å². The fourth-order valence-corrected chi connectivity index (χ4v) is 1.94. The molecule has 1 aromatic rings. The summed E-state index contributed by atoms with van der Waals surface area (Å²) in [6, 6.07) is 5.72. The van der Waals surface area contributed by atoms with Crippen LogP contribution in [0.2, 0.25) is 0 Å². The summed E-state index contributed by atoms with van der Waals surface area (Å²) in [6.07, 6.45) is 0. The van der Waals surface area contributed by atoms with Gasteiger partial charge in [0, 0.05) is 21.6 Å². The fraction of sp³-hybridized carbons (Fsp3) is 0.300. The minimum absolute atomic E-state index is 0.0678. The van der Waals surface area contributed by atoms with Crippen LogP contribution < -0.4 is 0 Å². The average molecular weight is 368 g/mol. The molecule has 0 N–H and O–H groups in total. The molecule has 0 saturated carbocycles. The van der Waals surface area contributed by atoms with E-state index in [1.54, 1.807) is 11.9 Å². The van der Waals surface area contributed by atoms with Crippen LogP contribution in [0.4, 0.5) is 0 Å². The van der Waals surface area contributed by atoms with Gasteiger partial charge in [0.25, 0.3) is 5.91 Å². The Bertz CT molecular complexity index is 354. The Morgan fingerprint density at radius 1 is 1.57 bits per heavy atom. The van der Waals surface area contributed by atoms with Crippen molar-refractivity contribution in [2.24, 2.45) is 0 Å². The van der Waals surface area contributed by atoms with Gasteiger partial charge in [0.1, 0.15) is 0 Å². The molecule has 1 aromatic carbocycles. The summed E-state index contributed by atoms with van der Waals surface area (Å²) in [7, 11) is 1.80. The molecule has 0 bridgehead atoms. The lowest BCUT2D eigenvalue weighted by molar-refractivity contribution is 0.0801. The Morgan fingerprint density at radius 3 is 2.79 bits per heavy atom. The van der Waals surface area contributed by atoms with Crippen LogP contribution in [0.25, 0.3) is 0 Å². The van der Waals surface area contributed by atoms with E-state index in [1.807, 2.05) is 25.1 Å². The standard InChI is InChI=1S/C10H11BrINO/c1-3-13(2)10(14)8-6-7(11)4-5-9(8)12/h4-6H,3H2,1-2H3. The van der Waals surface area contributed by atoms with Crippen molar-refractivity contribution in [2.45, 2.75) is 6.92 Å². The van der Waals surface area contributed by atoms with Gasteiger partial charge in [0.2, 0.25) is 0 Å². The van der Waals surface area contributed by atoms with Crippen molar-refractivity contribution in [1.29, 1.82) is 0 Å². The van der Waals surface area contributed by atoms with Crippen LogP contribution in [0.5, 0.6) is 0 Å². The maximum atomic E-state index is 11.8. The topological polar surface area (TPSA) is 20.3 Å². The van der Waals surface area contributed by atoms with Crippen LogP contribution >= 0.6 is 38.5 Å². The van der Waals surface area contributed by atoms with Crippen molar-refractivity contribution >= 4 is 44.4 Å². The number of benzene rings is 1. The van der Waals surface area contributed by atoms with E-state index >= 15 is 0 Å². The first-order chi connectivity index (χ1) is 6.56. The highest BCUT2D eigenvalue weighted by Gasteiger charge is 2.13. The molecule has 0 unspecified atom stereocenters. The second kappa shape index (κ2) is 5.11. The monoisotopic (exact) mass is 367 g/mol. The molecule has 0 aliphatic heterocycles. The summed E-state index contributed by atoms with van der Waals surface area (Å²) in [4.78, 5) is 13.5. The van der Waals surface area contributed by atoms with Crippen LogP contribution in [0.1, 0.15) is 17.3 Å². The van der Waals surface area contributed by atoms with Gasteiger partial charge in [-0.2, -0.15) is 0 Å². The van der Waals surface area contributed by atoms with Crippen LogP contribution in [-0.2, 0) is 0 Å². The predicted octanol–water partition coefficient (Wildman–Crippen LogP) is 3.15. The molecule has 0 aliphatic carbocycles. The molecule has 1 amide bonds. The van der Waals surface area contributed by atoms with Crippen molar-refractivity contribution in [3.8, 4) is 0 Å². The maximum Gasteiger partial charge on any atom is 0.254 e. The molecule has 0 aromatic heterocycles. The molecule has 0 spiro atoms. The molecule has 2 nitrogen and oxygen atoms in total. The van der Waals surface area contributed by atoms with E-state index in [0.717, 1.165) is 20.2 Å². The lowest BCUT2D eigenvalue weighted by atomic mass is 10.2. The summed E-state index contributed by atoms with van der Waals surface area (Å²) in [5.41, 5.74) is 0.754. The summed E-state index contributed by atoms with van der Waals surface area (Å²) < 4.78 is 1.92. The second-order valence-electron chi connectivity index (χ2n) is 2.94. The third kappa shape index (κ3) is 2.70. The number of nitrogens with zero attached hydrogens (tertiary/aromatic N) is 1. The summed E-state index contributed by atoms with van der Waals surface area (Å²) in [5, 5.41) is 0. The van der Waals surface area contributed by atoms with E-state index in [1.165, 1.54) is 0 Å². The van der Waals surface area contributed by atoms with Gasteiger partial charge >= 0.3 is 0 Å². The Hall–Kier alpha value is -0.100. The highest BCUT2D eigenvalue weighted by Crippen LogP contribution is 2.19. The molecule has 0 heterocycles. The van der Waals surface area contributed by atoms with Gasteiger partial charge in [-0.1, -0.05) is 15.9 Å². The van der Waals surface area contributed by atoms with Crippen LogP contribution in [0.3, 0.4) is 0 Å². The van der Waals surface area contributed by atoms with E-state index < -0.39 is 0 Å². The molecule has 4 heteroatoms. The molecule has 1 rings (SSSR count). The minimum Gasteiger partial charge on any atom is -0.342 e. The van der Waals surface area contributed by atoms with Crippen LogP contribution in [0.15, 0.2) is 22.7 Å². The van der Waals surface area contributed by atoms with Crippen molar-refractivity contribution in [1.82, 2.24) is 4.90 Å². The van der Waals surface area contributed by atoms with Crippen molar-refractivity contribution in [3.63, 3.8) is 0 Å². The molecular formula is C10H11BrINO. The first-order valence-electron chi connectivity index (χ1n) is 4.26. The number of carbonyl (C=O) groups is 1. The Kier molecular flexibility index (Phi) is 4.37. The molecule has 14 heavy (non-hydrogen) atoms. The third-order valence-electron chi connectivity index (χ3n) is 1.98. The predicted molar refractivity (Wildman–Crippen MR) is 69.5 cm³/mol. The summed E-state index contributed by atoms with van der Waals surface area (Å²) in [5.74, 6) is 0.0678. The normalized spacial score (nSPS) is 10.0. The highest BCUT2D eigenvalue weighted by atomic mass is 127. The lowest BCUT2D eigenvalue weighted by Crippen LogP contribution is -2.26. The second-order valence-corrected chi connectivity index (χ2v) is 5.02. The molecule has 0 atom stereocenters. The van der Waals surface area contributed by atoms with Crippen molar-refractivity contribution < 1.29 is 4.79 Å². The zero-order valence-corrected chi connectivity index (χ0v) is 11.8. The van der Waals surface area contributed by atoms with E-state index in [9.17, 15) is 4.79 Å². The van der Waals surface area contributed by atoms with E-state index in [2.05, 4.69) is 38.5 Å². The number of hydrogen-bond donors (Lipinski definition) is 0. The Balaban J connectivity index is 3.06. The van der Waals surface area contributed by atoms with Crippen LogP contribution in [0, 0.1) is 3.57 Å². The molecule has 76 valence electrons. The van der Waals surface area contributed by atoms with Gasteiger partial charge < -0.3 is 4.90 Å². The first kappa shape index (κ1) is 12.0. The van der Waals surface area contributed by atoms with Crippen molar-refractivity contribution in [3.05, 3.63) is 31.8 Å². The summed E-state index contributed by atoms with van der Waals surface area (Å²) >= 11 is 5.54. The smallest absolute Gasteiger partial charge is 0.254 e. The zero-order valence-electron chi connectivity index (χ0n) is 8.05. The summed E-state index contributed by atoms with van der Waals surface area (Å²) in [6.45, 7) is 2.68. The van der Waals surface area contributed by atoms with Gasteiger partial charge in [-0.05, 0) is 47.7 Å². The molecular weight excluding hydrogens is 357 g/mol. The van der Waals surface area contributed by atoms with Crippen molar-refractivity contribution in [2.75, 3.05) is 13.6 Å². The zero-order chi connectivity index (χ0) is 10.7. The number of hydrogen-bond acceptors (Lipinski definition) is 1.